The summed E-state index contributed by atoms with van der Waals surface area (Å²) in [5.74, 6) is -0.0997. The van der Waals surface area contributed by atoms with Crippen LogP contribution in [-0.4, -0.2) is 53.7 Å². The molecule has 0 radical (unpaired) electrons. The molecule has 0 saturated carbocycles. The van der Waals surface area contributed by atoms with Crippen LogP contribution in [-0.2, 0) is 4.79 Å². The summed E-state index contributed by atoms with van der Waals surface area (Å²) < 4.78 is 0. The lowest BCUT2D eigenvalue weighted by atomic mass is 10.1. The van der Waals surface area contributed by atoms with Crippen molar-refractivity contribution in [1.82, 2.24) is 9.88 Å². The van der Waals surface area contributed by atoms with Gasteiger partial charge in [-0.25, -0.2) is 4.98 Å². The van der Waals surface area contributed by atoms with Gasteiger partial charge in [0.25, 0.3) is 0 Å². The first-order valence-electron chi connectivity index (χ1n) is 6.16. The molecule has 0 unspecified atom stereocenters. The number of nitrogens with zero attached hydrogens (tertiary/aromatic N) is 4. The maximum absolute atomic E-state index is 10.7. The molecule has 1 N–H and O–H groups in total. The normalized spacial score (nSPS) is 16.1. The molecule has 1 aliphatic rings. The number of hydrogen-bond acceptors (Lipinski definition) is 5. The van der Waals surface area contributed by atoms with Gasteiger partial charge in [-0.1, -0.05) is 0 Å². The number of piperazine rings is 1. The van der Waals surface area contributed by atoms with E-state index in [2.05, 4.69) is 11.1 Å². The summed E-state index contributed by atoms with van der Waals surface area (Å²) in [7, 11) is 0. The fourth-order valence-electron chi connectivity index (χ4n) is 2.23. The van der Waals surface area contributed by atoms with Crippen LogP contribution < -0.4 is 4.90 Å². The van der Waals surface area contributed by atoms with E-state index in [4.69, 9.17) is 5.11 Å². The predicted molar refractivity (Wildman–Crippen MR) is 70.0 cm³/mol. The lowest BCUT2D eigenvalue weighted by Gasteiger charge is -2.35. The molecule has 0 spiro atoms. The Labute approximate surface area is 111 Å². The minimum absolute atomic E-state index is 0.0696. The second-order valence-corrected chi connectivity index (χ2v) is 4.60. The Bertz CT molecular complexity index is 516. The maximum Gasteiger partial charge on any atom is 0.317 e. The van der Waals surface area contributed by atoms with E-state index in [0.717, 1.165) is 5.56 Å². The lowest BCUT2D eigenvalue weighted by molar-refractivity contribution is -0.138. The number of hydrogen-bond donors (Lipinski definition) is 1. The van der Waals surface area contributed by atoms with Crippen molar-refractivity contribution in [3.8, 4) is 6.07 Å². The van der Waals surface area contributed by atoms with E-state index < -0.39 is 5.97 Å². The summed E-state index contributed by atoms with van der Waals surface area (Å²) in [5, 5.41) is 18.0. The maximum atomic E-state index is 10.7. The van der Waals surface area contributed by atoms with Crippen LogP contribution in [0.2, 0.25) is 0 Å². The van der Waals surface area contributed by atoms with Crippen LogP contribution in [0.5, 0.6) is 0 Å². The van der Waals surface area contributed by atoms with Gasteiger partial charge in [0.05, 0.1) is 12.1 Å². The smallest absolute Gasteiger partial charge is 0.317 e. The van der Waals surface area contributed by atoms with Crippen molar-refractivity contribution in [3.63, 3.8) is 0 Å². The zero-order valence-corrected chi connectivity index (χ0v) is 10.8. The van der Waals surface area contributed by atoms with Gasteiger partial charge in [0.1, 0.15) is 11.9 Å². The van der Waals surface area contributed by atoms with Gasteiger partial charge in [0, 0.05) is 32.4 Å². The summed E-state index contributed by atoms with van der Waals surface area (Å²) in [6, 6.07) is 4.01. The average Bonchev–Trinajstić information content (AvgIpc) is 2.38. The third-order valence-corrected chi connectivity index (χ3v) is 3.28. The molecule has 0 bridgehead atoms. The standard InChI is InChI=1S/C13H16N4O2/c1-10-2-3-15-13(11(10)8-14)17-6-4-16(5-7-17)9-12(18)19/h2-3H,4-7,9H2,1H3,(H,18,19). The first-order valence-corrected chi connectivity index (χ1v) is 6.16. The molecule has 0 aromatic carbocycles. The number of carboxylic acid groups (broad SMARTS) is 1. The van der Waals surface area contributed by atoms with Crippen LogP contribution >= 0.6 is 0 Å². The predicted octanol–water partition coefficient (Wildman–Crippen LogP) is 0.468. The highest BCUT2D eigenvalue weighted by Gasteiger charge is 2.21. The molecule has 2 heterocycles. The van der Waals surface area contributed by atoms with Crippen molar-refractivity contribution in [2.75, 3.05) is 37.6 Å². The average molecular weight is 260 g/mol. The summed E-state index contributed by atoms with van der Waals surface area (Å²) in [5.41, 5.74) is 1.52. The van der Waals surface area contributed by atoms with Crippen molar-refractivity contribution in [2.45, 2.75) is 6.92 Å². The van der Waals surface area contributed by atoms with Crippen LogP contribution in [0.15, 0.2) is 12.3 Å². The summed E-state index contributed by atoms with van der Waals surface area (Å²) in [6.45, 7) is 4.70. The summed E-state index contributed by atoms with van der Waals surface area (Å²) in [6.07, 6.45) is 1.70. The van der Waals surface area contributed by atoms with E-state index in [1.807, 2.05) is 22.8 Å². The Morgan fingerprint density at radius 2 is 2.16 bits per heavy atom. The van der Waals surface area contributed by atoms with Gasteiger partial charge in [-0.05, 0) is 18.6 Å². The molecule has 1 aromatic heterocycles. The number of aryl methyl sites for hydroxylation is 1. The third-order valence-electron chi connectivity index (χ3n) is 3.28. The van der Waals surface area contributed by atoms with Gasteiger partial charge in [-0.3, -0.25) is 9.69 Å². The molecule has 6 nitrogen and oxygen atoms in total. The molecule has 1 saturated heterocycles. The van der Waals surface area contributed by atoms with Gasteiger partial charge >= 0.3 is 5.97 Å². The quantitative estimate of drug-likeness (QED) is 0.850. The monoisotopic (exact) mass is 260 g/mol. The van der Waals surface area contributed by atoms with E-state index in [0.29, 0.717) is 37.6 Å². The van der Waals surface area contributed by atoms with Crippen LogP contribution in [0.4, 0.5) is 5.82 Å². The molecule has 6 heteroatoms. The Balaban J connectivity index is 2.08. The highest BCUT2D eigenvalue weighted by molar-refractivity contribution is 5.69. The first-order chi connectivity index (χ1) is 9.11. The molecule has 100 valence electrons. The van der Waals surface area contributed by atoms with Gasteiger partial charge < -0.3 is 10.0 Å². The molecule has 2 rings (SSSR count). The van der Waals surface area contributed by atoms with E-state index >= 15 is 0 Å². The van der Waals surface area contributed by atoms with Crippen LogP contribution in [0, 0.1) is 18.3 Å². The molecule has 0 amide bonds. The first kappa shape index (κ1) is 13.3. The second-order valence-electron chi connectivity index (χ2n) is 4.60. The number of nitriles is 1. The SMILES string of the molecule is Cc1ccnc(N2CCN(CC(=O)O)CC2)c1C#N. The fraction of sp³-hybridized carbons (Fsp3) is 0.462. The van der Waals surface area contributed by atoms with Gasteiger partial charge in [-0.2, -0.15) is 5.26 Å². The molecular formula is C13H16N4O2. The van der Waals surface area contributed by atoms with Crippen molar-refractivity contribution in [1.29, 1.82) is 5.26 Å². The highest BCUT2D eigenvalue weighted by atomic mass is 16.4. The van der Waals surface area contributed by atoms with Crippen molar-refractivity contribution in [2.24, 2.45) is 0 Å². The minimum atomic E-state index is -0.806. The molecule has 1 aromatic rings. The Kier molecular flexibility index (Phi) is 3.97. The van der Waals surface area contributed by atoms with E-state index in [-0.39, 0.29) is 6.54 Å². The molecule has 1 aliphatic heterocycles. The van der Waals surface area contributed by atoms with Crippen molar-refractivity contribution in [3.05, 3.63) is 23.4 Å². The summed E-state index contributed by atoms with van der Waals surface area (Å²) in [4.78, 5) is 18.9. The van der Waals surface area contributed by atoms with Gasteiger partial charge in [-0.15, -0.1) is 0 Å². The molecule has 0 atom stereocenters. The Morgan fingerprint density at radius 3 is 2.74 bits per heavy atom. The Morgan fingerprint density at radius 1 is 1.47 bits per heavy atom. The zero-order chi connectivity index (χ0) is 13.8. The van der Waals surface area contributed by atoms with Crippen LogP contribution in [0.25, 0.3) is 0 Å². The topological polar surface area (TPSA) is 80.5 Å². The van der Waals surface area contributed by atoms with Gasteiger partial charge in [0.15, 0.2) is 0 Å². The largest absolute Gasteiger partial charge is 0.480 e. The number of anilines is 1. The molecule has 1 fully saturated rings. The number of pyridine rings is 1. The molecule has 0 aliphatic carbocycles. The third kappa shape index (κ3) is 3.01. The highest BCUT2D eigenvalue weighted by Crippen LogP contribution is 2.21. The van der Waals surface area contributed by atoms with Crippen LogP contribution in [0.3, 0.4) is 0 Å². The van der Waals surface area contributed by atoms with Crippen LogP contribution in [0.1, 0.15) is 11.1 Å². The number of carboxylic acids is 1. The molecular weight excluding hydrogens is 244 g/mol. The van der Waals surface area contributed by atoms with E-state index in [1.165, 1.54) is 0 Å². The number of aromatic nitrogens is 1. The fourth-order valence-corrected chi connectivity index (χ4v) is 2.23. The zero-order valence-electron chi connectivity index (χ0n) is 10.8. The molecule has 19 heavy (non-hydrogen) atoms. The van der Waals surface area contributed by atoms with Crippen molar-refractivity contribution < 1.29 is 9.90 Å². The Hall–Kier alpha value is -2.13. The minimum Gasteiger partial charge on any atom is -0.480 e. The number of rotatable bonds is 3. The van der Waals surface area contributed by atoms with Gasteiger partial charge in [0.2, 0.25) is 0 Å². The number of carbonyl (C=O) groups is 1. The van der Waals surface area contributed by atoms with E-state index in [1.54, 1.807) is 6.20 Å². The number of aliphatic carboxylic acids is 1. The lowest BCUT2D eigenvalue weighted by Crippen LogP contribution is -2.48. The van der Waals surface area contributed by atoms with Crippen molar-refractivity contribution >= 4 is 11.8 Å². The van der Waals surface area contributed by atoms with E-state index in [9.17, 15) is 10.1 Å². The summed E-state index contributed by atoms with van der Waals surface area (Å²) >= 11 is 0. The second kappa shape index (κ2) is 5.67.